The minimum absolute atomic E-state index is 0.0421. The molecule has 0 radical (unpaired) electrons. The lowest BCUT2D eigenvalue weighted by molar-refractivity contribution is -0.116. The number of nitrogens with two attached hydrogens (primary N) is 1. The predicted molar refractivity (Wildman–Crippen MR) is 119 cm³/mol. The van der Waals surface area contributed by atoms with E-state index in [0.29, 0.717) is 17.7 Å². The highest BCUT2D eigenvalue weighted by Crippen LogP contribution is 2.28. The van der Waals surface area contributed by atoms with Crippen LogP contribution in [-0.4, -0.2) is 68.6 Å². The first kappa shape index (κ1) is 22.6. The number of benzene rings is 2. The Bertz CT molecular complexity index is 893. The molecule has 0 aromatic heterocycles. The molecule has 0 bridgehead atoms. The first-order chi connectivity index (χ1) is 15.0. The number of carbonyl (C=O) groups is 2. The minimum atomic E-state index is -0.483. The van der Waals surface area contributed by atoms with Crippen molar-refractivity contribution in [3.05, 3.63) is 53.6 Å². The molecule has 1 saturated heterocycles. The molecule has 2 aromatic rings. The van der Waals surface area contributed by atoms with Crippen LogP contribution < -0.4 is 20.5 Å². The lowest BCUT2D eigenvalue weighted by atomic mass is 10.1. The van der Waals surface area contributed by atoms with E-state index in [1.165, 1.54) is 5.56 Å². The SMILES string of the molecule is COc1ccc(CN2CCN(CCC(=O)Nc3ccc(C(N)=O)cc3)CC2)cc1OC. The molecular formula is C23H30N4O4. The highest BCUT2D eigenvalue weighted by atomic mass is 16.5. The summed E-state index contributed by atoms with van der Waals surface area (Å²) in [5.41, 5.74) is 7.50. The molecule has 1 aliphatic heterocycles. The van der Waals surface area contributed by atoms with Crippen LogP contribution in [0.4, 0.5) is 5.69 Å². The fourth-order valence-corrected chi connectivity index (χ4v) is 3.61. The van der Waals surface area contributed by atoms with Gasteiger partial charge < -0.3 is 25.4 Å². The van der Waals surface area contributed by atoms with Crippen molar-refractivity contribution in [2.24, 2.45) is 5.73 Å². The largest absolute Gasteiger partial charge is 0.493 e. The summed E-state index contributed by atoms with van der Waals surface area (Å²) in [6.45, 7) is 5.32. The number of hydrogen-bond acceptors (Lipinski definition) is 6. The zero-order valence-electron chi connectivity index (χ0n) is 18.1. The van der Waals surface area contributed by atoms with Crippen LogP contribution in [0.3, 0.4) is 0 Å². The van der Waals surface area contributed by atoms with Crippen LogP contribution in [0.25, 0.3) is 0 Å². The van der Waals surface area contributed by atoms with Gasteiger partial charge in [0.05, 0.1) is 14.2 Å². The van der Waals surface area contributed by atoms with E-state index in [-0.39, 0.29) is 5.91 Å². The number of ether oxygens (including phenoxy) is 2. The molecule has 2 amide bonds. The smallest absolute Gasteiger partial charge is 0.248 e. The molecular weight excluding hydrogens is 396 g/mol. The van der Waals surface area contributed by atoms with Crippen molar-refractivity contribution in [3.63, 3.8) is 0 Å². The Morgan fingerprint density at radius 1 is 0.935 bits per heavy atom. The molecule has 8 heteroatoms. The van der Waals surface area contributed by atoms with Gasteiger partial charge in [-0.1, -0.05) is 6.07 Å². The van der Waals surface area contributed by atoms with Crippen molar-refractivity contribution >= 4 is 17.5 Å². The molecule has 1 heterocycles. The third kappa shape index (κ3) is 6.44. The van der Waals surface area contributed by atoms with E-state index >= 15 is 0 Å². The summed E-state index contributed by atoms with van der Waals surface area (Å²) in [4.78, 5) is 28.0. The molecule has 0 aliphatic carbocycles. The zero-order chi connectivity index (χ0) is 22.2. The Morgan fingerprint density at radius 3 is 2.19 bits per heavy atom. The van der Waals surface area contributed by atoms with Crippen LogP contribution in [-0.2, 0) is 11.3 Å². The summed E-state index contributed by atoms with van der Waals surface area (Å²) in [5, 5.41) is 2.86. The Kier molecular flexibility index (Phi) is 7.86. The molecule has 3 rings (SSSR count). The summed E-state index contributed by atoms with van der Waals surface area (Å²) in [5.74, 6) is 0.954. The van der Waals surface area contributed by atoms with E-state index in [1.54, 1.807) is 38.5 Å². The Labute approximate surface area is 182 Å². The van der Waals surface area contributed by atoms with Crippen LogP contribution >= 0.6 is 0 Å². The number of rotatable bonds is 9. The maximum Gasteiger partial charge on any atom is 0.248 e. The van der Waals surface area contributed by atoms with Crippen molar-refractivity contribution in [1.82, 2.24) is 9.80 Å². The molecule has 0 unspecified atom stereocenters. The van der Waals surface area contributed by atoms with Crippen molar-refractivity contribution in [2.45, 2.75) is 13.0 Å². The number of primary amides is 1. The minimum Gasteiger partial charge on any atom is -0.493 e. The second kappa shape index (κ2) is 10.8. The van der Waals surface area contributed by atoms with E-state index in [0.717, 1.165) is 50.8 Å². The molecule has 0 spiro atoms. The van der Waals surface area contributed by atoms with Gasteiger partial charge in [0.1, 0.15) is 0 Å². The highest BCUT2D eigenvalue weighted by molar-refractivity contribution is 5.94. The fraction of sp³-hybridized carbons (Fsp3) is 0.391. The molecule has 31 heavy (non-hydrogen) atoms. The van der Waals surface area contributed by atoms with Crippen molar-refractivity contribution in [2.75, 3.05) is 52.3 Å². The van der Waals surface area contributed by atoms with Gasteiger partial charge in [-0.15, -0.1) is 0 Å². The first-order valence-electron chi connectivity index (χ1n) is 10.3. The summed E-state index contributed by atoms with van der Waals surface area (Å²) in [6.07, 6.45) is 0.424. The van der Waals surface area contributed by atoms with Gasteiger partial charge in [-0.25, -0.2) is 0 Å². The number of nitrogens with one attached hydrogen (secondary N) is 1. The third-order valence-corrected chi connectivity index (χ3v) is 5.43. The normalized spacial score (nSPS) is 14.8. The van der Waals surface area contributed by atoms with E-state index in [9.17, 15) is 9.59 Å². The summed E-state index contributed by atoms with van der Waals surface area (Å²) >= 11 is 0. The van der Waals surface area contributed by atoms with Gasteiger partial charge in [0.15, 0.2) is 11.5 Å². The van der Waals surface area contributed by atoms with Gasteiger partial charge in [0.2, 0.25) is 11.8 Å². The molecule has 1 fully saturated rings. The van der Waals surface area contributed by atoms with Gasteiger partial charge in [-0.2, -0.15) is 0 Å². The van der Waals surface area contributed by atoms with Gasteiger partial charge in [0, 0.05) is 56.9 Å². The quantitative estimate of drug-likeness (QED) is 0.636. The molecule has 2 aromatic carbocycles. The van der Waals surface area contributed by atoms with Crippen molar-refractivity contribution < 1.29 is 19.1 Å². The van der Waals surface area contributed by atoms with Crippen LogP contribution in [0.15, 0.2) is 42.5 Å². The summed E-state index contributed by atoms with van der Waals surface area (Å²) < 4.78 is 10.7. The Balaban J connectivity index is 1.40. The molecule has 1 aliphatic rings. The molecule has 0 saturated carbocycles. The average molecular weight is 427 g/mol. The lowest BCUT2D eigenvalue weighted by Crippen LogP contribution is -2.46. The number of carbonyl (C=O) groups excluding carboxylic acids is 2. The fourth-order valence-electron chi connectivity index (χ4n) is 3.61. The van der Waals surface area contributed by atoms with Crippen molar-refractivity contribution in [1.29, 1.82) is 0 Å². The van der Waals surface area contributed by atoms with E-state index in [4.69, 9.17) is 15.2 Å². The summed E-state index contributed by atoms with van der Waals surface area (Å²) in [7, 11) is 3.28. The lowest BCUT2D eigenvalue weighted by Gasteiger charge is -2.34. The van der Waals surface area contributed by atoms with E-state index in [2.05, 4.69) is 21.2 Å². The number of methoxy groups -OCH3 is 2. The summed E-state index contributed by atoms with van der Waals surface area (Å²) in [6, 6.07) is 12.6. The van der Waals surface area contributed by atoms with Gasteiger partial charge >= 0.3 is 0 Å². The number of anilines is 1. The zero-order valence-corrected chi connectivity index (χ0v) is 18.1. The molecule has 3 N–H and O–H groups in total. The standard InChI is InChI=1S/C23H30N4O4/c1-30-20-8-3-17(15-21(20)31-2)16-27-13-11-26(12-14-27)10-9-22(28)25-19-6-4-18(5-7-19)23(24)29/h3-8,15H,9-14,16H2,1-2H3,(H2,24,29)(H,25,28). The van der Waals surface area contributed by atoms with Crippen LogP contribution in [0.2, 0.25) is 0 Å². The average Bonchev–Trinajstić information content (AvgIpc) is 2.79. The maximum absolute atomic E-state index is 12.2. The number of piperazine rings is 1. The van der Waals surface area contributed by atoms with E-state index in [1.807, 2.05) is 12.1 Å². The van der Waals surface area contributed by atoms with E-state index < -0.39 is 5.91 Å². The number of nitrogens with zero attached hydrogens (tertiary/aromatic N) is 2. The third-order valence-electron chi connectivity index (χ3n) is 5.43. The van der Waals surface area contributed by atoms with Crippen LogP contribution in [0, 0.1) is 0 Å². The topological polar surface area (TPSA) is 97.1 Å². The Hall–Kier alpha value is -3.10. The number of amides is 2. The van der Waals surface area contributed by atoms with Gasteiger partial charge in [-0.3, -0.25) is 14.5 Å². The maximum atomic E-state index is 12.2. The molecule has 8 nitrogen and oxygen atoms in total. The second-order valence-corrected chi connectivity index (χ2v) is 7.55. The first-order valence-corrected chi connectivity index (χ1v) is 10.3. The van der Waals surface area contributed by atoms with Crippen LogP contribution in [0.5, 0.6) is 11.5 Å². The predicted octanol–water partition coefficient (Wildman–Crippen LogP) is 1.95. The molecule has 0 atom stereocenters. The van der Waals surface area contributed by atoms with Crippen LogP contribution in [0.1, 0.15) is 22.3 Å². The second-order valence-electron chi connectivity index (χ2n) is 7.55. The Morgan fingerprint density at radius 2 is 1.58 bits per heavy atom. The van der Waals surface area contributed by atoms with Crippen molar-refractivity contribution in [3.8, 4) is 11.5 Å². The monoisotopic (exact) mass is 426 g/mol. The van der Waals surface area contributed by atoms with Gasteiger partial charge in [-0.05, 0) is 42.0 Å². The highest BCUT2D eigenvalue weighted by Gasteiger charge is 2.18. The number of hydrogen-bond donors (Lipinski definition) is 2. The molecule has 166 valence electrons. The van der Waals surface area contributed by atoms with Gasteiger partial charge in [0.25, 0.3) is 0 Å².